The van der Waals surface area contributed by atoms with Crippen molar-refractivity contribution in [2.75, 3.05) is 14.2 Å². The van der Waals surface area contributed by atoms with Crippen LogP contribution in [0, 0.1) is 0 Å². The summed E-state index contributed by atoms with van der Waals surface area (Å²) in [5.41, 5.74) is 1.06. The average molecular weight is 500 g/mol. The van der Waals surface area contributed by atoms with E-state index in [1.54, 1.807) is 54.9 Å². The molecule has 0 amide bonds. The molecule has 0 fully saturated rings. The third-order valence-corrected chi connectivity index (χ3v) is 7.60. The van der Waals surface area contributed by atoms with Gasteiger partial charge in [0.2, 0.25) is 10.0 Å². The number of aromatic nitrogens is 2. The number of fused-ring (bicyclic) bond motifs is 1. The van der Waals surface area contributed by atoms with Gasteiger partial charge in [-0.2, -0.15) is 4.31 Å². The van der Waals surface area contributed by atoms with Crippen LogP contribution in [0.2, 0.25) is 5.02 Å². The maximum atomic E-state index is 13.6. The van der Waals surface area contributed by atoms with Crippen LogP contribution in [0.15, 0.2) is 76.7 Å². The first-order valence-corrected chi connectivity index (χ1v) is 12.1. The molecule has 8 nitrogen and oxygen atoms in total. The van der Waals surface area contributed by atoms with Crippen molar-refractivity contribution in [3.05, 3.63) is 93.5 Å². The molecular formula is C24H22ClN3O5S. The summed E-state index contributed by atoms with van der Waals surface area (Å²) in [5.74, 6) is 0.960. The number of halogens is 1. The molecule has 0 spiro atoms. The Labute approximate surface area is 201 Å². The number of pyridine rings is 2. The first-order valence-electron chi connectivity index (χ1n) is 10.2. The van der Waals surface area contributed by atoms with Crippen molar-refractivity contribution in [3.63, 3.8) is 0 Å². The van der Waals surface area contributed by atoms with E-state index in [-0.39, 0.29) is 28.6 Å². The molecule has 0 saturated carbocycles. The van der Waals surface area contributed by atoms with Crippen molar-refractivity contribution in [1.82, 2.24) is 14.3 Å². The molecule has 1 N–H and O–H groups in total. The molecule has 4 aromatic rings. The van der Waals surface area contributed by atoms with Gasteiger partial charge in [-0.25, -0.2) is 8.42 Å². The van der Waals surface area contributed by atoms with E-state index < -0.39 is 15.6 Å². The molecule has 0 atom stereocenters. The Morgan fingerprint density at radius 2 is 1.74 bits per heavy atom. The van der Waals surface area contributed by atoms with E-state index >= 15 is 0 Å². The quantitative estimate of drug-likeness (QED) is 0.393. The predicted octanol–water partition coefficient (Wildman–Crippen LogP) is 3.98. The molecule has 2 heterocycles. The van der Waals surface area contributed by atoms with Crippen molar-refractivity contribution in [2.24, 2.45) is 0 Å². The molecule has 0 aliphatic rings. The van der Waals surface area contributed by atoms with Gasteiger partial charge in [-0.3, -0.25) is 9.78 Å². The van der Waals surface area contributed by atoms with Crippen LogP contribution in [0.1, 0.15) is 11.1 Å². The number of nitrogens with zero attached hydrogens (tertiary/aromatic N) is 2. The molecular weight excluding hydrogens is 478 g/mol. The number of H-pyrrole nitrogens is 1. The van der Waals surface area contributed by atoms with Gasteiger partial charge in [0, 0.05) is 42.5 Å². The molecule has 2 aromatic carbocycles. The molecule has 4 rings (SSSR count). The normalized spacial score (nSPS) is 11.6. The predicted molar refractivity (Wildman–Crippen MR) is 130 cm³/mol. The molecule has 10 heteroatoms. The van der Waals surface area contributed by atoms with Crippen LogP contribution in [0.3, 0.4) is 0 Å². The monoisotopic (exact) mass is 499 g/mol. The maximum Gasteiger partial charge on any atom is 0.252 e. The minimum absolute atomic E-state index is 0.00477. The minimum atomic E-state index is -4.05. The second-order valence-corrected chi connectivity index (χ2v) is 9.80. The molecule has 0 bridgehead atoms. The van der Waals surface area contributed by atoms with Gasteiger partial charge < -0.3 is 14.5 Å². The molecule has 0 aliphatic heterocycles. The number of aromatic amines is 1. The molecule has 0 aliphatic carbocycles. The lowest BCUT2D eigenvalue weighted by Crippen LogP contribution is -2.32. The number of benzene rings is 2. The van der Waals surface area contributed by atoms with Crippen LogP contribution < -0.4 is 15.0 Å². The third kappa shape index (κ3) is 4.77. The summed E-state index contributed by atoms with van der Waals surface area (Å²) in [4.78, 5) is 19.8. The summed E-state index contributed by atoms with van der Waals surface area (Å²) < 4.78 is 39.0. The van der Waals surface area contributed by atoms with Crippen LogP contribution in [-0.4, -0.2) is 36.9 Å². The lowest BCUT2D eigenvalue weighted by Gasteiger charge is -2.23. The van der Waals surface area contributed by atoms with Crippen molar-refractivity contribution in [1.29, 1.82) is 0 Å². The second-order valence-electron chi connectivity index (χ2n) is 7.48. The summed E-state index contributed by atoms with van der Waals surface area (Å²) in [6.45, 7) is -0.174. The molecule has 2 aromatic heterocycles. The topological polar surface area (TPSA) is 102 Å². The lowest BCUT2D eigenvalue weighted by molar-refractivity contribution is 0.355. The van der Waals surface area contributed by atoms with Crippen LogP contribution in [-0.2, 0) is 23.1 Å². The number of nitrogens with one attached hydrogen (secondary N) is 1. The highest BCUT2D eigenvalue weighted by Crippen LogP contribution is 2.32. The van der Waals surface area contributed by atoms with Crippen LogP contribution in [0.4, 0.5) is 0 Å². The van der Waals surface area contributed by atoms with E-state index in [1.165, 1.54) is 30.7 Å². The highest BCUT2D eigenvalue weighted by Gasteiger charge is 2.28. The van der Waals surface area contributed by atoms with Gasteiger partial charge in [0.25, 0.3) is 5.56 Å². The highest BCUT2D eigenvalue weighted by molar-refractivity contribution is 7.89. The van der Waals surface area contributed by atoms with Gasteiger partial charge in [0.1, 0.15) is 4.90 Å². The Bertz CT molecular complexity index is 1490. The summed E-state index contributed by atoms with van der Waals surface area (Å²) in [7, 11) is -1.02. The third-order valence-electron chi connectivity index (χ3n) is 5.31. The Morgan fingerprint density at radius 3 is 2.41 bits per heavy atom. The number of sulfonamides is 1. The van der Waals surface area contributed by atoms with E-state index in [9.17, 15) is 13.2 Å². The van der Waals surface area contributed by atoms with Crippen molar-refractivity contribution < 1.29 is 17.9 Å². The Morgan fingerprint density at radius 1 is 1.00 bits per heavy atom. The SMILES string of the molecule is COc1cc2cc(CN(Cc3cccnc3)S(=O)(=O)c3ccccc3Cl)c(=O)[nH]c2cc1OC. The summed E-state index contributed by atoms with van der Waals surface area (Å²) in [6.07, 6.45) is 3.18. The van der Waals surface area contributed by atoms with Crippen molar-refractivity contribution in [2.45, 2.75) is 18.0 Å². The van der Waals surface area contributed by atoms with Crippen molar-refractivity contribution >= 4 is 32.5 Å². The number of hydrogen-bond donors (Lipinski definition) is 1. The minimum Gasteiger partial charge on any atom is -0.493 e. The fourth-order valence-electron chi connectivity index (χ4n) is 3.60. The Kier molecular flexibility index (Phi) is 6.87. The lowest BCUT2D eigenvalue weighted by atomic mass is 10.1. The van der Waals surface area contributed by atoms with Gasteiger partial charge in [-0.1, -0.05) is 29.8 Å². The molecule has 0 saturated heterocycles. The van der Waals surface area contributed by atoms with E-state index in [2.05, 4.69) is 9.97 Å². The Balaban J connectivity index is 1.80. The van der Waals surface area contributed by atoms with Gasteiger partial charge in [0.15, 0.2) is 11.5 Å². The van der Waals surface area contributed by atoms with E-state index in [4.69, 9.17) is 21.1 Å². The zero-order valence-electron chi connectivity index (χ0n) is 18.5. The van der Waals surface area contributed by atoms with Gasteiger partial charge in [0.05, 0.1) is 24.8 Å². The summed E-state index contributed by atoms with van der Waals surface area (Å²) >= 11 is 6.22. The fourth-order valence-corrected chi connectivity index (χ4v) is 5.50. The number of hydrogen-bond acceptors (Lipinski definition) is 6. The van der Waals surface area contributed by atoms with Crippen molar-refractivity contribution in [3.8, 4) is 11.5 Å². The zero-order chi connectivity index (χ0) is 24.3. The highest BCUT2D eigenvalue weighted by atomic mass is 35.5. The largest absolute Gasteiger partial charge is 0.493 e. The standard InChI is InChI=1S/C24H22ClN3O5S/c1-32-21-11-17-10-18(24(29)27-20(17)12-22(21)33-2)15-28(14-16-6-5-9-26-13-16)34(30,31)23-8-4-3-7-19(23)25/h3-13H,14-15H2,1-2H3,(H,27,29). The van der Waals surface area contributed by atoms with E-state index in [0.717, 1.165) is 0 Å². The van der Waals surface area contributed by atoms with E-state index in [1.807, 2.05) is 0 Å². The van der Waals surface area contributed by atoms with Gasteiger partial charge in [-0.15, -0.1) is 0 Å². The molecule has 176 valence electrons. The van der Waals surface area contributed by atoms with Gasteiger partial charge >= 0.3 is 0 Å². The summed E-state index contributed by atoms with van der Waals surface area (Å²) in [6, 6.07) is 14.7. The molecule has 0 unspecified atom stereocenters. The number of ether oxygens (including phenoxy) is 2. The van der Waals surface area contributed by atoms with Crippen LogP contribution >= 0.6 is 11.6 Å². The summed E-state index contributed by atoms with van der Waals surface area (Å²) in [5, 5.41) is 0.770. The first kappa shape index (κ1) is 23.7. The van der Waals surface area contributed by atoms with E-state index in [0.29, 0.717) is 28.0 Å². The first-order chi connectivity index (χ1) is 16.3. The van der Waals surface area contributed by atoms with Crippen LogP contribution in [0.25, 0.3) is 10.9 Å². The molecule has 0 radical (unpaired) electrons. The van der Waals surface area contributed by atoms with Crippen LogP contribution in [0.5, 0.6) is 11.5 Å². The molecule has 34 heavy (non-hydrogen) atoms. The smallest absolute Gasteiger partial charge is 0.252 e. The Hall–Kier alpha value is -3.40. The average Bonchev–Trinajstić information content (AvgIpc) is 2.84. The number of methoxy groups -OCH3 is 2. The zero-order valence-corrected chi connectivity index (χ0v) is 20.1. The van der Waals surface area contributed by atoms with Gasteiger partial charge in [-0.05, 0) is 35.9 Å². The second kappa shape index (κ2) is 9.84. The maximum absolute atomic E-state index is 13.6. The fraction of sp³-hybridized carbons (Fsp3) is 0.167. The number of rotatable bonds is 8.